The molecule has 2 aliphatic heterocycles. The van der Waals surface area contributed by atoms with Crippen molar-refractivity contribution in [2.45, 2.75) is 51.6 Å². The number of likely N-dealkylation sites (tertiary alicyclic amines) is 2. The van der Waals surface area contributed by atoms with Crippen LogP contribution in [-0.2, 0) is 6.54 Å². The molecular weight excluding hydrogens is 398 g/mol. The lowest BCUT2D eigenvalue weighted by molar-refractivity contribution is 0.0585. The molecule has 1 N–H and O–H groups in total. The molecule has 0 radical (unpaired) electrons. The number of rotatable bonds is 4. The maximum absolute atomic E-state index is 12.9. The molecule has 0 aliphatic carbocycles. The molecule has 4 rings (SSSR count). The second kappa shape index (κ2) is 8.44. The molecule has 0 unspecified atom stereocenters. The van der Waals surface area contributed by atoms with E-state index in [-0.39, 0.29) is 11.6 Å². The molecule has 1 amide bonds. The van der Waals surface area contributed by atoms with Gasteiger partial charge in [0, 0.05) is 48.2 Å². The number of hydrogen-bond acceptors (Lipinski definition) is 4. The van der Waals surface area contributed by atoms with Crippen LogP contribution in [0.4, 0.5) is 10.6 Å². The highest BCUT2D eigenvalue weighted by Gasteiger charge is 2.43. The fraction of sp³-hybridized carbons (Fsp3) is 0.478. The van der Waals surface area contributed by atoms with Gasteiger partial charge in [-0.2, -0.15) is 4.68 Å². The minimum atomic E-state index is -0.0607. The van der Waals surface area contributed by atoms with Crippen molar-refractivity contribution in [1.29, 1.82) is 0 Å². The number of allylic oxidation sites excluding steroid dienone is 1. The summed E-state index contributed by atoms with van der Waals surface area (Å²) in [5.41, 5.74) is 3.36. The third-order valence-corrected chi connectivity index (χ3v) is 6.85. The van der Waals surface area contributed by atoms with Crippen molar-refractivity contribution < 1.29 is 4.79 Å². The molecule has 30 heavy (non-hydrogen) atoms. The molecule has 1 aromatic carbocycles. The van der Waals surface area contributed by atoms with E-state index in [0.29, 0.717) is 5.82 Å². The number of carbonyl (C=O) groups excluding carboxylic acids is 1. The molecule has 0 bridgehead atoms. The van der Waals surface area contributed by atoms with E-state index in [1.165, 1.54) is 23.1 Å². The number of halogens is 1. The predicted octanol–water partition coefficient (Wildman–Crippen LogP) is 4.89. The van der Waals surface area contributed by atoms with Crippen LogP contribution >= 0.6 is 11.6 Å². The molecule has 2 aliphatic rings. The molecule has 6 nitrogen and oxygen atoms in total. The van der Waals surface area contributed by atoms with Crippen molar-refractivity contribution in [2.24, 2.45) is 0 Å². The molecule has 0 atom stereocenters. The summed E-state index contributed by atoms with van der Waals surface area (Å²) in [4.78, 5) is 17.4. The summed E-state index contributed by atoms with van der Waals surface area (Å²) in [6, 6.07) is 8.11. The average Bonchev–Trinajstić information content (AvgIpc) is 3.32. The maximum atomic E-state index is 12.9. The van der Waals surface area contributed by atoms with Crippen molar-refractivity contribution in [3.8, 4) is 0 Å². The normalized spacial score (nSPS) is 18.7. The minimum absolute atomic E-state index is 0.0607. The molecule has 7 heteroatoms. The molecule has 0 saturated carbocycles. The Morgan fingerprint density at radius 3 is 2.70 bits per heavy atom. The Balaban J connectivity index is 1.39. The first kappa shape index (κ1) is 20.9. The second-order valence-corrected chi connectivity index (χ2v) is 9.06. The third-order valence-electron chi connectivity index (χ3n) is 6.44. The second-order valence-electron chi connectivity index (χ2n) is 8.65. The Bertz CT molecular complexity index is 945. The number of nitrogens with zero attached hydrogens (tertiary/aromatic N) is 4. The summed E-state index contributed by atoms with van der Waals surface area (Å²) < 4.78 is 1.42. The Kier molecular flexibility index (Phi) is 5.89. The van der Waals surface area contributed by atoms with Gasteiger partial charge in [0.25, 0.3) is 0 Å². The van der Waals surface area contributed by atoms with Crippen LogP contribution in [0, 0.1) is 6.92 Å². The van der Waals surface area contributed by atoms with E-state index in [2.05, 4.69) is 40.1 Å². The van der Waals surface area contributed by atoms with E-state index in [0.717, 1.165) is 55.3 Å². The summed E-state index contributed by atoms with van der Waals surface area (Å²) in [6.07, 6.45) is 6.11. The highest BCUT2D eigenvalue weighted by molar-refractivity contribution is 6.31. The first-order valence-corrected chi connectivity index (χ1v) is 11.0. The number of aromatic nitrogens is 2. The molecule has 2 fully saturated rings. The lowest BCUT2D eigenvalue weighted by Gasteiger charge is -2.45. The standard InChI is InChI=1S/C23H30ClN5O/c1-17(2)25-21-7-12-29(26-21)22(30)27-13-9-23(10-14-27)8-4-11-28(23)16-19-6-5-18(3)20(24)15-19/h5-7,12,15H,1,4,8-11,13-14,16H2,2-3H3,(H,25,26). The van der Waals surface area contributed by atoms with Crippen LogP contribution in [0.3, 0.4) is 0 Å². The summed E-state index contributed by atoms with van der Waals surface area (Å²) in [5, 5.41) is 8.21. The van der Waals surface area contributed by atoms with Gasteiger partial charge in [-0.15, -0.1) is 5.10 Å². The predicted molar refractivity (Wildman–Crippen MR) is 121 cm³/mol. The number of hydrogen-bond donors (Lipinski definition) is 1. The maximum Gasteiger partial charge on any atom is 0.344 e. The van der Waals surface area contributed by atoms with Crippen LogP contribution < -0.4 is 5.32 Å². The molecular formula is C23H30ClN5O. The van der Waals surface area contributed by atoms with E-state index < -0.39 is 0 Å². The van der Waals surface area contributed by atoms with E-state index in [9.17, 15) is 4.79 Å². The number of amides is 1. The van der Waals surface area contributed by atoms with Crippen molar-refractivity contribution in [2.75, 3.05) is 25.0 Å². The monoisotopic (exact) mass is 427 g/mol. The quantitative estimate of drug-likeness (QED) is 0.754. The Morgan fingerprint density at radius 1 is 1.23 bits per heavy atom. The highest BCUT2D eigenvalue weighted by Crippen LogP contribution is 2.39. The Labute approximate surface area is 183 Å². The number of nitrogens with one attached hydrogen (secondary N) is 1. The first-order chi connectivity index (χ1) is 14.4. The number of benzene rings is 1. The smallest absolute Gasteiger partial charge is 0.343 e. The van der Waals surface area contributed by atoms with Gasteiger partial charge in [-0.05, 0) is 63.3 Å². The Hall–Kier alpha value is -2.31. The zero-order chi connectivity index (χ0) is 21.3. The fourth-order valence-electron chi connectivity index (χ4n) is 4.74. The van der Waals surface area contributed by atoms with Crippen LogP contribution in [0.25, 0.3) is 0 Å². The van der Waals surface area contributed by atoms with Crippen molar-refractivity contribution in [3.05, 3.63) is 58.9 Å². The molecule has 2 aromatic rings. The highest BCUT2D eigenvalue weighted by atomic mass is 35.5. The van der Waals surface area contributed by atoms with Crippen molar-refractivity contribution in [3.63, 3.8) is 0 Å². The Morgan fingerprint density at radius 2 is 2.00 bits per heavy atom. The number of carbonyl (C=O) groups is 1. The van der Waals surface area contributed by atoms with Crippen LogP contribution in [0.5, 0.6) is 0 Å². The minimum Gasteiger partial charge on any atom is -0.343 e. The molecule has 3 heterocycles. The van der Waals surface area contributed by atoms with Crippen LogP contribution in [0.15, 0.2) is 42.7 Å². The van der Waals surface area contributed by atoms with Crippen LogP contribution in [0.1, 0.15) is 43.7 Å². The lowest BCUT2D eigenvalue weighted by Crippen LogP contribution is -2.53. The van der Waals surface area contributed by atoms with Crippen molar-refractivity contribution in [1.82, 2.24) is 19.6 Å². The van der Waals surface area contributed by atoms with Crippen LogP contribution in [0.2, 0.25) is 5.02 Å². The van der Waals surface area contributed by atoms with Crippen LogP contribution in [-0.4, -0.2) is 50.8 Å². The number of aryl methyl sites for hydroxylation is 1. The zero-order valence-corrected chi connectivity index (χ0v) is 18.6. The first-order valence-electron chi connectivity index (χ1n) is 10.6. The van der Waals surface area contributed by atoms with Gasteiger partial charge < -0.3 is 10.2 Å². The molecule has 1 spiro atoms. The molecule has 2 saturated heterocycles. The molecule has 160 valence electrons. The van der Waals surface area contributed by atoms with E-state index in [1.54, 1.807) is 12.3 Å². The van der Waals surface area contributed by atoms with E-state index in [4.69, 9.17) is 11.6 Å². The zero-order valence-electron chi connectivity index (χ0n) is 17.8. The van der Waals surface area contributed by atoms with Gasteiger partial charge in [0.05, 0.1) is 0 Å². The largest absolute Gasteiger partial charge is 0.344 e. The number of piperidine rings is 1. The summed E-state index contributed by atoms with van der Waals surface area (Å²) in [7, 11) is 0. The topological polar surface area (TPSA) is 53.4 Å². The van der Waals surface area contributed by atoms with Gasteiger partial charge in [0.1, 0.15) is 0 Å². The van der Waals surface area contributed by atoms with E-state index >= 15 is 0 Å². The van der Waals surface area contributed by atoms with E-state index in [1.807, 2.05) is 18.7 Å². The van der Waals surface area contributed by atoms with Gasteiger partial charge in [-0.3, -0.25) is 4.90 Å². The fourth-order valence-corrected chi connectivity index (χ4v) is 4.94. The van der Waals surface area contributed by atoms with Gasteiger partial charge >= 0.3 is 6.03 Å². The third kappa shape index (κ3) is 4.25. The average molecular weight is 428 g/mol. The summed E-state index contributed by atoms with van der Waals surface area (Å²) in [5.74, 6) is 0.642. The van der Waals surface area contributed by atoms with Gasteiger partial charge in [-0.1, -0.05) is 30.3 Å². The van der Waals surface area contributed by atoms with Gasteiger partial charge in [-0.25, -0.2) is 4.79 Å². The number of anilines is 1. The van der Waals surface area contributed by atoms with Gasteiger partial charge in [0.15, 0.2) is 5.82 Å². The van der Waals surface area contributed by atoms with Gasteiger partial charge in [0.2, 0.25) is 0 Å². The summed E-state index contributed by atoms with van der Waals surface area (Å²) in [6.45, 7) is 11.3. The summed E-state index contributed by atoms with van der Waals surface area (Å²) >= 11 is 6.34. The SMILES string of the molecule is C=C(C)Nc1ccn(C(=O)N2CCC3(CCCN3Cc3ccc(C)c(Cl)c3)CC2)n1. The van der Waals surface area contributed by atoms with Crippen molar-refractivity contribution >= 4 is 23.4 Å². The lowest BCUT2D eigenvalue weighted by atomic mass is 9.85. The molecule has 1 aromatic heterocycles.